The van der Waals surface area contributed by atoms with Crippen molar-refractivity contribution in [3.8, 4) is 33.4 Å². The number of para-hydroxylation sites is 3. The van der Waals surface area contributed by atoms with Gasteiger partial charge >= 0.3 is 0 Å². The lowest BCUT2D eigenvalue weighted by Crippen LogP contribution is -1.87. The molecule has 3 N–H and O–H groups in total. The summed E-state index contributed by atoms with van der Waals surface area (Å²) in [4.78, 5) is 10.7. The summed E-state index contributed by atoms with van der Waals surface area (Å²) in [6, 6.07) is 53.1. The molecule has 3 nitrogen and oxygen atoms in total. The molecule has 0 fully saturated rings. The maximum absolute atomic E-state index is 3.58. The monoisotopic (exact) mass is 573 g/mol. The minimum absolute atomic E-state index is 1.16. The van der Waals surface area contributed by atoms with Gasteiger partial charge in [0.05, 0.1) is 0 Å². The van der Waals surface area contributed by atoms with Crippen molar-refractivity contribution in [2.24, 2.45) is 0 Å². The van der Waals surface area contributed by atoms with E-state index in [2.05, 4.69) is 161 Å². The molecule has 0 saturated heterocycles. The third-order valence-corrected chi connectivity index (χ3v) is 9.45. The Hall–Kier alpha value is -6.06. The molecule has 45 heavy (non-hydrogen) atoms. The number of benzene rings is 7. The molecule has 0 spiro atoms. The van der Waals surface area contributed by atoms with Crippen LogP contribution in [0.3, 0.4) is 0 Å². The number of hydrogen-bond acceptors (Lipinski definition) is 0. The third-order valence-electron chi connectivity index (χ3n) is 9.45. The van der Waals surface area contributed by atoms with Crippen LogP contribution in [-0.4, -0.2) is 15.0 Å². The van der Waals surface area contributed by atoms with E-state index < -0.39 is 0 Å². The number of H-pyrrole nitrogens is 3. The minimum Gasteiger partial charge on any atom is -0.355 e. The van der Waals surface area contributed by atoms with E-state index in [1.54, 1.807) is 0 Å². The fourth-order valence-corrected chi connectivity index (χ4v) is 7.21. The van der Waals surface area contributed by atoms with Gasteiger partial charge in [0.2, 0.25) is 0 Å². The van der Waals surface area contributed by atoms with Crippen LogP contribution < -0.4 is 0 Å². The largest absolute Gasteiger partial charge is 0.355 e. The molecule has 210 valence electrons. The summed E-state index contributed by atoms with van der Waals surface area (Å²) in [7, 11) is 0. The molecule has 0 bridgehead atoms. The predicted molar refractivity (Wildman–Crippen MR) is 191 cm³/mol. The highest BCUT2D eigenvalue weighted by molar-refractivity contribution is 6.11. The Morgan fingerprint density at radius 3 is 0.844 bits per heavy atom. The fraction of sp³-hybridized carbons (Fsp3) is 0. The van der Waals surface area contributed by atoms with Crippen LogP contribution in [-0.2, 0) is 0 Å². The lowest BCUT2D eigenvalue weighted by Gasteiger charge is -2.12. The van der Waals surface area contributed by atoms with Crippen molar-refractivity contribution in [3.63, 3.8) is 0 Å². The summed E-state index contributed by atoms with van der Waals surface area (Å²) in [5.74, 6) is 0. The highest BCUT2D eigenvalue weighted by atomic mass is 14.7. The van der Waals surface area contributed by atoms with Gasteiger partial charge in [0.25, 0.3) is 0 Å². The van der Waals surface area contributed by atoms with Crippen LogP contribution in [0.15, 0.2) is 146 Å². The van der Waals surface area contributed by atoms with Gasteiger partial charge in [-0.15, -0.1) is 0 Å². The molecule has 10 rings (SSSR count). The van der Waals surface area contributed by atoms with Gasteiger partial charge in [0, 0.05) is 65.4 Å². The molecule has 0 unspecified atom stereocenters. The molecule has 10 aromatic rings. The maximum atomic E-state index is 3.58. The molecule has 3 aromatic heterocycles. The van der Waals surface area contributed by atoms with Crippen molar-refractivity contribution in [2.45, 2.75) is 0 Å². The molecule has 0 atom stereocenters. The number of hydrogen-bond donors (Lipinski definition) is 3. The third kappa shape index (κ3) is 3.77. The van der Waals surface area contributed by atoms with Crippen LogP contribution in [0, 0.1) is 0 Å². The molecule has 0 radical (unpaired) electrons. The van der Waals surface area contributed by atoms with Gasteiger partial charge in [-0.05, 0) is 106 Å². The van der Waals surface area contributed by atoms with Gasteiger partial charge < -0.3 is 15.0 Å². The summed E-state index contributed by atoms with van der Waals surface area (Å²) < 4.78 is 0. The van der Waals surface area contributed by atoms with E-state index in [-0.39, 0.29) is 0 Å². The maximum Gasteiger partial charge on any atom is 0.0465 e. The van der Waals surface area contributed by atoms with E-state index in [1.165, 1.54) is 65.7 Å². The Balaban J connectivity index is 1.21. The first-order chi connectivity index (χ1) is 22.2. The van der Waals surface area contributed by atoms with E-state index in [1.807, 2.05) is 0 Å². The Bertz CT molecular complexity index is 2450. The standard InChI is InChI=1S/C42H27N3/c1-4-10-37-31(7-1)34-22-25(13-16-40(34)43-37)28-19-29(26-14-17-41-35(23-26)32-8-2-5-11-38(32)44-41)21-30(20-28)27-15-18-42-36(24-27)33-9-3-6-12-39(33)45-42/h1-24,43-45H. The Morgan fingerprint density at radius 1 is 0.222 bits per heavy atom. The molecule has 0 aliphatic carbocycles. The molecule has 3 heterocycles. The van der Waals surface area contributed by atoms with E-state index in [9.17, 15) is 0 Å². The second-order valence-corrected chi connectivity index (χ2v) is 12.1. The van der Waals surface area contributed by atoms with Crippen molar-refractivity contribution in [3.05, 3.63) is 146 Å². The summed E-state index contributed by atoms with van der Waals surface area (Å²) in [5, 5.41) is 7.49. The normalized spacial score (nSPS) is 12.0. The lowest BCUT2D eigenvalue weighted by molar-refractivity contribution is 1.53. The molecule has 0 amide bonds. The van der Waals surface area contributed by atoms with Crippen molar-refractivity contribution >= 4 is 65.4 Å². The van der Waals surface area contributed by atoms with Crippen molar-refractivity contribution < 1.29 is 0 Å². The van der Waals surface area contributed by atoms with Crippen LogP contribution in [0.2, 0.25) is 0 Å². The molecule has 0 aliphatic heterocycles. The highest BCUT2D eigenvalue weighted by Crippen LogP contribution is 2.38. The SMILES string of the molecule is c1ccc2c(c1)[nH]c1ccc(-c3cc(-c4ccc5[nH]c6ccccc6c5c4)cc(-c4ccc5[nH]c6ccccc6c5c4)c3)cc12. The topological polar surface area (TPSA) is 47.4 Å². The molecule has 7 aromatic carbocycles. The Labute approximate surface area is 258 Å². The lowest BCUT2D eigenvalue weighted by atomic mass is 9.92. The fourth-order valence-electron chi connectivity index (χ4n) is 7.21. The van der Waals surface area contributed by atoms with Crippen molar-refractivity contribution in [2.75, 3.05) is 0 Å². The van der Waals surface area contributed by atoms with E-state index >= 15 is 0 Å². The Morgan fingerprint density at radius 2 is 0.511 bits per heavy atom. The van der Waals surface area contributed by atoms with Gasteiger partial charge in [-0.3, -0.25) is 0 Å². The highest BCUT2D eigenvalue weighted by Gasteiger charge is 2.13. The summed E-state index contributed by atoms with van der Waals surface area (Å²) in [6.45, 7) is 0. The van der Waals surface area contributed by atoms with Crippen LogP contribution in [0.5, 0.6) is 0 Å². The molecular weight excluding hydrogens is 546 g/mol. The van der Waals surface area contributed by atoms with E-state index in [0.29, 0.717) is 0 Å². The van der Waals surface area contributed by atoms with Crippen LogP contribution in [0.1, 0.15) is 0 Å². The minimum atomic E-state index is 1.16. The summed E-state index contributed by atoms with van der Waals surface area (Å²) in [6.07, 6.45) is 0. The van der Waals surface area contributed by atoms with Crippen LogP contribution >= 0.6 is 0 Å². The summed E-state index contributed by atoms with van der Waals surface area (Å²) >= 11 is 0. The van der Waals surface area contributed by atoms with Crippen molar-refractivity contribution in [1.29, 1.82) is 0 Å². The van der Waals surface area contributed by atoms with Crippen LogP contribution in [0.25, 0.3) is 98.8 Å². The predicted octanol–water partition coefficient (Wildman–Crippen LogP) is 11.6. The number of aromatic nitrogens is 3. The number of aromatic amines is 3. The Kier molecular flexibility index (Phi) is 5.00. The van der Waals surface area contributed by atoms with Gasteiger partial charge in [-0.2, -0.15) is 0 Å². The number of rotatable bonds is 3. The first-order valence-electron chi connectivity index (χ1n) is 15.4. The second kappa shape index (κ2) is 9.22. The van der Waals surface area contributed by atoms with E-state index in [0.717, 1.165) is 33.1 Å². The van der Waals surface area contributed by atoms with Gasteiger partial charge in [-0.25, -0.2) is 0 Å². The first kappa shape index (κ1) is 24.4. The zero-order chi connectivity index (χ0) is 29.5. The summed E-state index contributed by atoms with van der Waals surface area (Å²) in [5.41, 5.74) is 14.2. The zero-order valence-corrected chi connectivity index (χ0v) is 24.4. The second-order valence-electron chi connectivity index (χ2n) is 12.1. The molecule has 0 saturated carbocycles. The zero-order valence-electron chi connectivity index (χ0n) is 24.4. The quantitative estimate of drug-likeness (QED) is 0.188. The number of nitrogens with one attached hydrogen (secondary N) is 3. The molecule has 0 aliphatic rings. The first-order valence-corrected chi connectivity index (χ1v) is 15.4. The van der Waals surface area contributed by atoms with Gasteiger partial charge in [-0.1, -0.05) is 72.8 Å². The molecular formula is C42H27N3. The van der Waals surface area contributed by atoms with Gasteiger partial charge in [0.1, 0.15) is 0 Å². The van der Waals surface area contributed by atoms with Crippen molar-refractivity contribution in [1.82, 2.24) is 15.0 Å². The van der Waals surface area contributed by atoms with E-state index in [4.69, 9.17) is 0 Å². The average Bonchev–Trinajstić information content (AvgIpc) is 3.78. The average molecular weight is 574 g/mol. The van der Waals surface area contributed by atoms with Gasteiger partial charge in [0.15, 0.2) is 0 Å². The van der Waals surface area contributed by atoms with Crippen LogP contribution in [0.4, 0.5) is 0 Å². The number of fused-ring (bicyclic) bond motifs is 9. The molecule has 3 heteroatoms. The smallest absolute Gasteiger partial charge is 0.0465 e.